The van der Waals surface area contributed by atoms with Gasteiger partial charge in [0.25, 0.3) is 0 Å². The van der Waals surface area contributed by atoms with Gasteiger partial charge in [-0.05, 0) is 25.3 Å². The fourth-order valence-corrected chi connectivity index (χ4v) is 2.96. The lowest BCUT2D eigenvalue weighted by Crippen LogP contribution is -2.20. The molecule has 1 heterocycles. The topological polar surface area (TPSA) is 51.0 Å². The Morgan fingerprint density at radius 1 is 1.21 bits per heavy atom. The summed E-state index contributed by atoms with van der Waals surface area (Å²) in [5.74, 6) is 2.44. The van der Waals surface area contributed by atoms with Gasteiger partial charge < -0.3 is 9.73 Å². The fourth-order valence-electron chi connectivity index (χ4n) is 2.96. The average molecular weight is 265 g/mol. The van der Waals surface area contributed by atoms with Crippen molar-refractivity contribution in [2.75, 3.05) is 6.54 Å². The number of hydrogen-bond donors (Lipinski definition) is 1. The molecule has 1 aromatic rings. The molecule has 0 saturated heterocycles. The number of nitrogens with one attached hydrogen (secondary N) is 1. The van der Waals surface area contributed by atoms with Crippen LogP contribution in [0.5, 0.6) is 0 Å². The number of nitrogens with zero attached hydrogens (tertiary/aromatic N) is 2. The second kappa shape index (κ2) is 7.63. The summed E-state index contributed by atoms with van der Waals surface area (Å²) in [5, 5.41) is 11.8. The summed E-state index contributed by atoms with van der Waals surface area (Å²) >= 11 is 0. The molecule has 1 atom stereocenters. The highest BCUT2D eigenvalue weighted by Gasteiger charge is 2.18. The molecule has 0 amide bonds. The van der Waals surface area contributed by atoms with Crippen LogP contribution in [0.15, 0.2) is 4.42 Å². The molecule has 1 fully saturated rings. The first-order valence-corrected chi connectivity index (χ1v) is 7.89. The highest BCUT2D eigenvalue weighted by Crippen LogP contribution is 2.27. The minimum atomic E-state index is 0.209. The third kappa shape index (κ3) is 4.30. The van der Waals surface area contributed by atoms with Crippen molar-refractivity contribution in [2.45, 2.75) is 71.3 Å². The van der Waals surface area contributed by atoms with Gasteiger partial charge in [-0.1, -0.05) is 46.0 Å². The highest BCUT2D eigenvalue weighted by atomic mass is 16.4. The third-order valence-electron chi connectivity index (χ3n) is 4.13. The van der Waals surface area contributed by atoms with Crippen LogP contribution >= 0.6 is 0 Å². The van der Waals surface area contributed by atoms with E-state index in [9.17, 15) is 0 Å². The molecule has 0 aliphatic heterocycles. The molecule has 108 valence electrons. The van der Waals surface area contributed by atoms with Crippen LogP contribution in [-0.2, 0) is 6.42 Å². The first-order chi connectivity index (χ1) is 9.33. The Hall–Kier alpha value is -0.900. The summed E-state index contributed by atoms with van der Waals surface area (Å²) in [7, 11) is 0. The van der Waals surface area contributed by atoms with E-state index in [0.717, 1.165) is 37.1 Å². The summed E-state index contributed by atoms with van der Waals surface area (Å²) < 4.78 is 5.80. The first kappa shape index (κ1) is 14.5. The SMILES string of the molecule is CCNC(CC)c1nnc(CCC2CCCCC2)o1. The number of aryl methyl sites for hydroxylation is 1. The van der Waals surface area contributed by atoms with Crippen molar-refractivity contribution in [1.29, 1.82) is 0 Å². The molecular weight excluding hydrogens is 238 g/mol. The molecule has 4 heteroatoms. The smallest absolute Gasteiger partial charge is 0.233 e. The molecule has 1 aliphatic rings. The molecule has 4 nitrogen and oxygen atoms in total. The largest absolute Gasteiger partial charge is 0.424 e. The Balaban J connectivity index is 1.82. The Morgan fingerprint density at radius 3 is 2.68 bits per heavy atom. The van der Waals surface area contributed by atoms with Crippen molar-refractivity contribution in [3.8, 4) is 0 Å². The number of hydrogen-bond acceptors (Lipinski definition) is 4. The summed E-state index contributed by atoms with van der Waals surface area (Å²) in [6, 6.07) is 0.209. The molecule has 0 aromatic carbocycles. The fraction of sp³-hybridized carbons (Fsp3) is 0.867. The van der Waals surface area contributed by atoms with Crippen LogP contribution in [0.3, 0.4) is 0 Å². The molecule has 1 unspecified atom stereocenters. The summed E-state index contributed by atoms with van der Waals surface area (Å²) in [6.45, 7) is 5.17. The normalized spacial score (nSPS) is 18.6. The van der Waals surface area contributed by atoms with Crippen LogP contribution in [0.25, 0.3) is 0 Å². The van der Waals surface area contributed by atoms with Crippen molar-refractivity contribution < 1.29 is 4.42 Å². The second-order valence-electron chi connectivity index (χ2n) is 5.60. The van der Waals surface area contributed by atoms with Crippen LogP contribution in [0, 0.1) is 5.92 Å². The molecule has 1 aliphatic carbocycles. The van der Waals surface area contributed by atoms with Gasteiger partial charge in [-0.25, -0.2) is 0 Å². The van der Waals surface area contributed by atoms with E-state index in [-0.39, 0.29) is 6.04 Å². The van der Waals surface area contributed by atoms with Gasteiger partial charge in [-0.2, -0.15) is 0 Å². The predicted molar refractivity (Wildman–Crippen MR) is 75.9 cm³/mol. The Labute approximate surface area is 116 Å². The Morgan fingerprint density at radius 2 is 2.00 bits per heavy atom. The minimum Gasteiger partial charge on any atom is -0.424 e. The Bertz CT molecular complexity index is 358. The molecule has 1 N–H and O–H groups in total. The molecule has 0 bridgehead atoms. The van der Waals surface area contributed by atoms with E-state index in [1.54, 1.807) is 0 Å². The lowest BCUT2D eigenvalue weighted by Gasteiger charge is -2.20. The van der Waals surface area contributed by atoms with E-state index in [1.807, 2.05) is 0 Å². The van der Waals surface area contributed by atoms with E-state index in [2.05, 4.69) is 29.4 Å². The van der Waals surface area contributed by atoms with Gasteiger partial charge >= 0.3 is 0 Å². The molecule has 1 aromatic heterocycles. The summed E-state index contributed by atoms with van der Waals surface area (Å²) in [6.07, 6.45) is 10.1. The average Bonchev–Trinajstić information content (AvgIpc) is 2.92. The lowest BCUT2D eigenvalue weighted by molar-refractivity contribution is 0.320. The van der Waals surface area contributed by atoms with Crippen LogP contribution in [0.2, 0.25) is 0 Å². The van der Waals surface area contributed by atoms with E-state index in [0.29, 0.717) is 0 Å². The van der Waals surface area contributed by atoms with Gasteiger partial charge in [0.15, 0.2) is 0 Å². The van der Waals surface area contributed by atoms with Gasteiger partial charge in [0, 0.05) is 6.42 Å². The maximum Gasteiger partial charge on any atom is 0.233 e. The summed E-state index contributed by atoms with van der Waals surface area (Å²) in [5.41, 5.74) is 0. The highest BCUT2D eigenvalue weighted by molar-refractivity contribution is 4.90. The van der Waals surface area contributed by atoms with Crippen molar-refractivity contribution in [3.05, 3.63) is 11.8 Å². The quantitative estimate of drug-likeness (QED) is 0.817. The second-order valence-corrected chi connectivity index (χ2v) is 5.60. The molecular formula is C15H27N3O. The van der Waals surface area contributed by atoms with E-state index < -0.39 is 0 Å². The molecule has 1 saturated carbocycles. The van der Waals surface area contributed by atoms with Gasteiger partial charge in [-0.3, -0.25) is 0 Å². The zero-order valence-electron chi connectivity index (χ0n) is 12.3. The Kier molecular flexibility index (Phi) is 5.83. The van der Waals surface area contributed by atoms with Crippen molar-refractivity contribution >= 4 is 0 Å². The molecule has 2 rings (SSSR count). The molecule has 0 radical (unpaired) electrons. The van der Waals surface area contributed by atoms with Crippen LogP contribution in [0.4, 0.5) is 0 Å². The van der Waals surface area contributed by atoms with E-state index in [4.69, 9.17) is 4.42 Å². The number of rotatable bonds is 7. The first-order valence-electron chi connectivity index (χ1n) is 7.89. The van der Waals surface area contributed by atoms with Crippen molar-refractivity contribution in [1.82, 2.24) is 15.5 Å². The minimum absolute atomic E-state index is 0.209. The molecule has 0 spiro atoms. The summed E-state index contributed by atoms with van der Waals surface area (Å²) in [4.78, 5) is 0. The zero-order chi connectivity index (χ0) is 13.5. The zero-order valence-corrected chi connectivity index (χ0v) is 12.3. The molecule has 19 heavy (non-hydrogen) atoms. The standard InChI is InChI=1S/C15H27N3O/c1-3-13(16-4-2)15-18-17-14(19-15)11-10-12-8-6-5-7-9-12/h12-13,16H,3-11H2,1-2H3. The van der Waals surface area contributed by atoms with E-state index in [1.165, 1.54) is 38.5 Å². The van der Waals surface area contributed by atoms with Crippen molar-refractivity contribution in [2.24, 2.45) is 5.92 Å². The van der Waals surface area contributed by atoms with Gasteiger partial charge in [0.1, 0.15) is 0 Å². The number of aromatic nitrogens is 2. The van der Waals surface area contributed by atoms with Crippen LogP contribution < -0.4 is 5.32 Å². The predicted octanol–water partition coefficient (Wildman–Crippen LogP) is 3.64. The van der Waals surface area contributed by atoms with Crippen LogP contribution in [0.1, 0.15) is 76.6 Å². The maximum absolute atomic E-state index is 5.80. The van der Waals surface area contributed by atoms with E-state index >= 15 is 0 Å². The van der Waals surface area contributed by atoms with Crippen molar-refractivity contribution in [3.63, 3.8) is 0 Å². The van der Waals surface area contributed by atoms with Gasteiger partial charge in [0.05, 0.1) is 6.04 Å². The lowest BCUT2D eigenvalue weighted by atomic mass is 9.86. The van der Waals surface area contributed by atoms with Gasteiger partial charge in [0.2, 0.25) is 11.8 Å². The maximum atomic E-state index is 5.80. The monoisotopic (exact) mass is 265 g/mol. The van der Waals surface area contributed by atoms with Crippen LogP contribution in [-0.4, -0.2) is 16.7 Å². The van der Waals surface area contributed by atoms with Gasteiger partial charge in [-0.15, -0.1) is 10.2 Å². The third-order valence-corrected chi connectivity index (χ3v) is 4.13.